The molecule has 1 saturated heterocycles. The fourth-order valence-electron chi connectivity index (χ4n) is 3.87. The monoisotopic (exact) mass is 394 g/mol. The van der Waals surface area contributed by atoms with E-state index in [0.717, 1.165) is 43.8 Å². The summed E-state index contributed by atoms with van der Waals surface area (Å²) >= 11 is 6.15. The molecule has 5 nitrogen and oxygen atoms in total. The molecule has 2 aromatic rings. The average molecular weight is 395 g/mol. The van der Waals surface area contributed by atoms with E-state index in [1.807, 2.05) is 35.1 Å². The summed E-state index contributed by atoms with van der Waals surface area (Å²) in [6, 6.07) is 9.89. The Balaban J connectivity index is 0.00000196. The molecule has 2 N–H and O–H groups in total. The van der Waals surface area contributed by atoms with Gasteiger partial charge in [-0.3, -0.25) is 9.48 Å². The molecule has 1 aromatic heterocycles. The van der Waals surface area contributed by atoms with Crippen LogP contribution in [0.3, 0.4) is 0 Å². The van der Waals surface area contributed by atoms with Gasteiger partial charge in [0.2, 0.25) is 5.91 Å². The van der Waals surface area contributed by atoms with Crippen LogP contribution in [0.4, 0.5) is 0 Å². The lowest BCUT2D eigenvalue weighted by molar-refractivity contribution is -0.132. The van der Waals surface area contributed by atoms with Crippen LogP contribution in [-0.4, -0.2) is 35.3 Å². The second-order valence-electron chi connectivity index (χ2n) is 7.21. The van der Waals surface area contributed by atoms with Crippen LogP contribution in [0.1, 0.15) is 31.2 Å². The summed E-state index contributed by atoms with van der Waals surface area (Å²) in [6.07, 6.45) is 7.32. The fraction of sp³-hybridized carbons (Fsp3) is 0.474. The van der Waals surface area contributed by atoms with Gasteiger partial charge < -0.3 is 10.6 Å². The number of nitrogens with zero attached hydrogens (tertiary/aromatic N) is 2. The number of piperidine rings is 1. The maximum Gasteiger partial charge on any atom is 0.248 e. The topological polar surface area (TPSA) is 59.0 Å². The molecule has 1 amide bonds. The quantitative estimate of drug-likeness (QED) is 0.819. The van der Waals surface area contributed by atoms with E-state index >= 15 is 0 Å². The number of carbonyl (C=O) groups excluding carboxylic acids is 1. The molecule has 7 heteroatoms. The zero-order chi connectivity index (χ0) is 17.3. The number of aromatic nitrogens is 2. The molecule has 2 fully saturated rings. The number of nitrogens with one attached hydrogen (secondary N) is 2. The summed E-state index contributed by atoms with van der Waals surface area (Å²) in [5.41, 5.74) is 0.677. The molecule has 1 aliphatic carbocycles. The first-order valence-corrected chi connectivity index (χ1v) is 9.28. The molecule has 4 rings (SSSR count). The van der Waals surface area contributed by atoms with Crippen LogP contribution in [0.15, 0.2) is 42.7 Å². The highest BCUT2D eigenvalue weighted by Crippen LogP contribution is 2.48. The zero-order valence-electron chi connectivity index (χ0n) is 14.6. The lowest BCUT2D eigenvalue weighted by atomic mass is 9.87. The second-order valence-corrected chi connectivity index (χ2v) is 7.64. The molecule has 1 aliphatic heterocycles. The van der Waals surface area contributed by atoms with E-state index < -0.39 is 5.54 Å². The Labute approximate surface area is 164 Å². The van der Waals surface area contributed by atoms with E-state index in [4.69, 9.17) is 11.6 Å². The fourth-order valence-corrected chi connectivity index (χ4v) is 4.06. The Kier molecular flexibility index (Phi) is 5.61. The molecule has 0 unspecified atom stereocenters. The lowest BCUT2D eigenvalue weighted by Gasteiger charge is -2.37. The smallest absolute Gasteiger partial charge is 0.248 e. The van der Waals surface area contributed by atoms with Crippen molar-refractivity contribution in [2.75, 3.05) is 19.6 Å². The molecule has 0 spiro atoms. The summed E-state index contributed by atoms with van der Waals surface area (Å²) in [5, 5.41) is 11.7. The van der Waals surface area contributed by atoms with E-state index in [9.17, 15) is 4.79 Å². The van der Waals surface area contributed by atoms with E-state index in [1.54, 1.807) is 6.20 Å². The lowest BCUT2D eigenvalue weighted by Crippen LogP contribution is -2.55. The molecule has 140 valence electrons. The Morgan fingerprint density at radius 3 is 2.62 bits per heavy atom. The van der Waals surface area contributed by atoms with Crippen LogP contribution in [-0.2, 0) is 15.7 Å². The first-order chi connectivity index (χ1) is 12.1. The number of hydrogen-bond acceptors (Lipinski definition) is 3. The van der Waals surface area contributed by atoms with Crippen LogP contribution in [0, 0.1) is 0 Å². The summed E-state index contributed by atoms with van der Waals surface area (Å²) in [6.45, 7) is 2.31. The molecule has 0 atom stereocenters. The van der Waals surface area contributed by atoms with Crippen molar-refractivity contribution in [3.8, 4) is 0 Å². The number of rotatable bonds is 5. The molecule has 1 aromatic carbocycles. The molecule has 0 bridgehead atoms. The van der Waals surface area contributed by atoms with Crippen LogP contribution in [0.5, 0.6) is 0 Å². The standard InChI is InChI=1S/C19H23ClN4O.ClH/c20-16-4-1-3-15(13-16)18(5-6-18)14-22-17(25)19(7-10-21-11-8-19)24-12-2-9-23-24;/h1-4,9,12-13,21H,5-8,10-11,14H2,(H,22,25);1H. The maximum atomic E-state index is 13.2. The van der Waals surface area contributed by atoms with Crippen molar-refractivity contribution in [3.05, 3.63) is 53.3 Å². The SMILES string of the molecule is Cl.O=C(NCC1(c2cccc(Cl)c2)CC1)C1(n2cccn2)CCNCC1. The summed E-state index contributed by atoms with van der Waals surface area (Å²) in [4.78, 5) is 13.2. The molecule has 1 saturated carbocycles. The van der Waals surface area contributed by atoms with Gasteiger partial charge in [-0.15, -0.1) is 12.4 Å². The van der Waals surface area contributed by atoms with Crippen molar-refractivity contribution < 1.29 is 4.79 Å². The van der Waals surface area contributed by atoms with Gasteiger partial charge in [0.1, 0.15) is 5.54 Å². The van der Waals surface area contributed by atoms with E-state index in [1.165, 1.54) is 5.56 Å². The minimum atomic E-state index is -0.584. The van der Waals surface area contributed by atoms with Gasteiger partial charge >= 0.3 is 0 Å². The number of benzene rings is 1. The minimum absolute atomic E-state index is 0. The highest BCUT2D eigenvalue weighted by atomic mass is 35.5. The van der Waals surface area contributed by atoms with Crippen LogP contribution < -0.4 is 10.6 Å². The van der Waals surface area contributed by atoms with Gasteiger partial charge in [-0.05, 0) is 62.5 Å². The van der Waals surface area contributed by atoms with Gasteiger partial charge in [0.25, 0.3) is 0 Å². The van der Waals surface area contributed by atoms with Crippen molar-refractivity contribution in [2.24, 2.45) is 0 Å². The molecule has 0 radical (unpaired) electrons. The van der Waals surface area contributed by atoms with Crippen molar-refractivity contribution in [1.82, 2.24) is 20.4 Å². The third-order valence-corrected chi connectivity index (χ3v) is 5.91. The third-order valence-electron chi connectivity index (χ3n) is 5.67. The highest BCUT2D eigenvalue weighted by molar-refractivity contribution is 6.30. The molecule has 2 heterocycles. The van der Waals surface area contributed by atoms with Gasteiger partial charge in [0, 0.05) is 29.4 Å². The van der Waals surface area contributed by atoms with E-state index in [-0.39, 0.29) is 23.7 Å². The van der Waals surface area contributed by atoms with Gasteiger partial charge in [0.05, 0.1) is 0 Å². The Morgan fingerprint density at radius 1 is 1.23 bits per heavy atom. The predicted molar refractivity (Wildman–Crippen MR) is 105 cm³/mol. The van der Waals surface area contributed by atoms with Gasteiger partial charge in [-0.1, -0.05) is 23.7 Å². The summed E-state index contributed by atoms with van der Waals surface area (Å²) < 4.78 is 1.84. The Hall–Kier alpha value is -1.56. The van der Waals surface area contributed by atoms with Crippen LogP contribution >= 0.6 is 24.0 Å². The Morgan fingerprint density at radius 2 is 2.00 bits per heavy atom. The Bertz CT molecular complexity index is 753. The number of carbonyl (C=O) groups is 1. The number of halogens is 2. The predicted octanol–water partition coefficient (Wildman–Crippen LogP) is 2.89. The van der Waals surface area contributed by atoms with Crippen molar-refractivity contribution in [2.45, 2.75) is 36.6 Å². The molecular formula is C19H24Cl2N4O. The maximum absolute atomic E-state index is 13.2. The summed E-state index contributed by atoms with van der Waals surface area (Å²) in [5.74, 6) is 0.0750. The molecule has 2 aliphatic rings. The third kappa shape index (κ3) is 3.48. The van der Waals surface area contributed by atoms with Crippen LogP contribution in [0.25, 0.3) is 0 Å². The first kappa shape index (κ1) is 19.2. The van der Waals surface area contributed by atoms with Crippen LogP contribution in [0.2, 0.25) is 5.02 Å². The van der Waals surface area contributed by atoms with E-state index in [2.05, 4.69) is 21.8 Å². The van der Waals surface area contributed by atoms with Gasteiger partial charge in [-0.25, -0.2) is 0 Å². The van der Waals surface area contributed by atoms with Crippen molar-refractivity contribution >= 4 is 29.9 Å². The van der Waals surface area contributed by atoms with Gasteiger partial charge in [0.15, 0.2) is 0 Å². The minimum Gasteiger partial charge on any atom is -0.353 e. The van der Waals surface area contributed by atoms with Crippen molar-refractivity contribution in [3.63, 3.8) is 0 Å². The van der Waals surface area contributed by atoms with Crippen molar-refractivity contribution in [1.29, 1.82) is 0 Å². The second kappa shape index (κ2) is 7.59. The van der Waals surface area contributed by atoms with E-state index in [0.29, 0.717) is 6.54 Å². The average Bonchev–Trinajstić information content (AvgIpc) is 3.23. The van der Waals surface area contributed by atoms with Gasteiger partial charge in [-0.2, -0.15) is 5.10 Å². The zero-order valence-corrected chi connectivity index (χ0v) is 16.2. The molecular weight excluding hydrogens is 371 g/mol. The number of amides is 1. The first-order valence-electron chi connectivity index (χ1n) is 8.90. The highest BCUT2D eigenvalue weighted by Gasteiger charge is 2.47. The largest absolute Gasteiger partial charge is 0.353 e. The number of hydrogen-bond donors (Lipinski definition) is 2. The normalized spacial score (nSPS) is 20.0. The summed E-state index contributed by atoms with van der Waals surface area (Å²) in [7, 11) is 0. The molecule has 26 heavy (non-hydrogen) atoms.